The second-order valence-electron chi connectivity index (χ2n) is 5.02. The van der Waals surface area contributed by atoms with E-state index >= 15 is 0 Å². The molecule has 0 aromatic heterocycles. The van der Waals surface area contributed by atoms with Crippen LogP contribution in [0.3, 0.4) is 0 Å². The Balaban J connectivity index is 2.65. The van der Waals surface area contributed by atoms with Gasteiger partial charge in [0.1, 0.15) is 5.75 Å². The first-order valence-corrected chi connectivity index (χ1v) is 8.93. The van der Waals surface area contributed by atoms with E-state index in [4.69, 9.17) is 15.4 Å². The first-order chi connectivity index (χ1) is 8.81. The van der Waals surface area contributed by atoms with Crippen LogP contribution in [0, 0.1) is 11.8 Å². The zero-order valence-electron chi connectivity index (χ0n) is 11.6. The molecule has 1 atom stereocenters. The fraction of sp³-hybridized carbons (Fsp3) is 0.571. The number of aryl methyl sites for hydroxylation is 1. The lowest BCUT2D eigenvalue weighted by atomic mass is 9.99. The zero-order valence-corrected chi connectivity index (χ0v) is 13.2. The van der Waals surface area contributed by atoms with E-state index in [2.05, 4.69) is 6.92 Å². The van der Waals surface area contributed by atoms with Crippen LogP contribution in [0.4, 0.5) is 0 Å². The van der Waals surface area contributed by atoms with Crippen LogP contribution >= 0.6 is 10.7 Å². The van der Waals surface area contributed by atoms with Gasteiger partial charge in [0.05, 0.1) is 12.4 Å². The maximum absolute atomic E-state index is 11.2. The van der Waals surface area contributed by atoms with Crippen molar-refractivity contribution in [1.82, 2.24) is 0 Å². The molecule has 0 fully saturated rings. The number of hydrogen-bond donors (Lipinski definition) is 0. The molecule has 0 saturated heterocycles. The highest BCUT2D eigenvalue weighted by Crippen LogP contribution is 2.19. The summed E-state index contributed by atoms with van der Waals surface area (Å²) in [6.45, 7) is 6.38. The topological polar surface area (TPSA) is 43.4 Å². The summed E-state index contributed by atoms with van der Waals surface area (Å²) in [6.07, 6.45) is 0.945. The number of rotatable bonds is 7. The molecule has 1 rings (SSSR count). The third-order valence-electron chi connectivity index (χ3n) is 3.13. The molecule has 0 aliphatic rings. The van der Waals surface area contributed by atoms with Crippen molar-refractivity contribution in [3.05, 3.63) is 29.8 Å². The van der Waals surface area contributed by atoms with Gasteiger partial charge >= 0.3 is 0 Å². The zero-order chi connectivity index (χ0) is 14.5. The second kappa shape index (κ2) is 7.15. The van der Waals surface area contributed by atoms with E-state index in [1.54, 1.807) is 0 Å². The first kappa shape index (κ1) is 16.3. The molecule has 1 aromatic rings. The van der Waals surface area contributed by atoms with Crippen LogP contribution in [0.5, 0.6) is 5.75 Å². The van der Waals surface area contributed by atoms with Gasteiger partial charge in [0, 0.05) is 16.6 Å². The van der Waals surface area contributed by atoms with Gasteiger partial charge in [-0.15, -0.1) is 0 Å². The van der Waals surface area contributed by atoms with E-state index in [9.17, 15) is 8.42 Å². The Kier molecular flexibility index (Phi) is 6.14. The van der Waals surface area contributed by atoms with Crippen LogP contribution in [0.15, 0.2) is 24.3 Å². The highest BCUT2D eigenvalue weighted by molar-refractivity contribution is 8.13. The lowest BCUT2D eigenvalue weighted by Gasteiger charge is -2.20. The fourth-order valence-electron chi connectivity index (χ4n) is 1.75. The Morgan fingerprint density at radius 2 is 2.00 bits per heavy atom. The maximum Gasteiger partial charge on any atom is 0.233 e. The van der Waals surface area contributed by atoms with Gasteiger partial charge in [0.15, 0.2) is 0 Å². The van der Waals surface area contributed by atoms with E-state index in [1.165, 1.54) is 5.56 Å². The largest absolute Gasteiger partial charge is 0.493 e. The lowest BCUT2D eigenvalue weighted by Crippen LogP contribution is -2.24. The minimum atomic E-state index is -3.49. The number of ether oxygens (including phenoxy) is 1. The molecule has 0 heterocycles. The van der Waals surface area contributed by atoms with Gasteiger partial charge in [0.2, 0.25) is 9.05 Å². The standard InChI is InChI=1S/C14H21ClO3S/c1-4-12-6-5-7-14(8-12)18-9-13(11(2)3)10-19(15,16)17/h5-8,11,13H,4,9-10H2,1-3H3. The van der Waals surface area contributed by atoms with Gasteiger partial charge in [-0.1, -0.05) is 32.9 Å². The summed E-state index contributed by atoms with van der Waals surface area (Å²) in [7, 11) is 1.82. The molecule has 1 aromatic carbocycles. The quantitative estimate of drug-likeness (QED) is 0.724. The van der Waals surface area contributed by atoms with Crippen molar-refractivity contribution in [2.45, 2.75) is 27.2 Å². The Bertz CT molecular complexity index is 497. The van der Waals surface area contributed by atoms with E-state index in [0.29, 0.717) is 6.61 Å². The number of hydrogen-bond acceptors (Lipinski definition) is 3. The van der Waals surface area contributed by atoms with Gasteiger partial charge in [-0.05, 0) is 30.0 Å². The van der Waals surface area contributed by atoms with Crippen molar-refractivity contribution in [3.63, 3.8) is 0 Å². The molecular weight excluding hydrogens is 284 g/mol. The molecule has 5 heteroatoms. The monoisotopic (exact) mass is 304 g/mol. The summed E-state index contributed by atoms with van der Waals surface area (Å²) in [4.78, 5) is 0. The summed E-state index contributed by atoms with van der Waals surface area (Å²) in [5, 5.41) is 0. The highest BCUT2D eigenvalue weighted by Gasteiger charge is 2.21. The summed E-state index contributed by atoms with van der Waals surface area (Å²) in [6, 6.07) is 7.84. The van der Waals surface area contributed by atoms with Gasteiger partial charge in [0.25, 0.3) is 0 Å². The Hall–Kier alpha value is -0.740. The second-order valence-corrected chi connectivity index (χ2v) is 7.84. The van der Waals surface area contributed by atoms with Crippen molar-refractivity contribution in [2.75, 3.05) is 12.4 Å². The summed E-state index contributed by atoms with van der Waals surface area (Å²) in [5.41, 5.74) is 1.20. The molecule has 0 radical (unpaired) electrons. The molecule has 0 aliphatic carbocycles. The van der Waals surface area contributed by atoms with Gasteiger partial charge in [-0.25, -0.2) is 8.42 Å². The molecule has 0 amide bonds. The smallest absolute Gasteiger partial charge is 0.233 e. The van der Waals surface area contributed by atoms with Crippen molar-refractivity contribution in [2.24, 2.45) is 11.8 Å². The Morgan fingerprint density at radius 3 is 2.53 bits per heavy atom. The summed E-state index contributed by atoms with van der Waals surface area (Å²) >= 11 is 0. The van der Waals surface area contributed by atoms with Crippen LogP contribution in [-0.4, -0.2) is 20.8 Å². The Morgan fingerprint density at radius 1 is 1.32 bits per heavy atom. The Labute approximate surface area is 120 Å². The van der Waals surface area contributed by atoms with Gasteiger partial charge in [-0.3, -0.25) is 0 Å². The van der Waals surface area contributed by atoms with E-state index < -0.39 is 9.05 Å². The van der Waals surface area contributed by atoms with Crippen molar-refractivity contribution in [3.8, 4) is 5.75 Å². The fourth-order valence-corrected chi connectivity index (χ4v) is 3.23. The number of halogens is 1. The normalized spacial score (nSPS) is 13.5. The van der Waals surface area contributed by atoms with E-state index in [0.717, 1.165) is 12.2 Å². The highest BCUT2D eigenvalue weighted by atomic mass is 35.7. The third kappa shape index (κ3) is 6.30. The summed E-state index contributed by atoms with van der Waals surface area (Å²) in [5.74, 6) is 0.812. The third-order valence-corrected chi connectivity index (χ3v) is 4.33. The van der Waals surface area contributed by atoms with Crippen molar-refractivity contribution >= 4 is 19.7 Å². The average molecular weight is 305 g/mol. The SMILES string of the molecule is CCc1cccc(OCC(CS(=O)(=O)Cl)C(C)C)c1. The van der Waals surface area contributed by atoms with Crippen LogP contribution in [0.2, 0.25) is 0 Å². The van der Waals surface area contributed by atoms with Gasteiger partial charge < -0.3 is 4.74 Å². The van der Waals surface area contributed by atoms with Gasteiger partial charge in [-0.2, -0.15) is 0 Å². The molecule has 1 unspecified atom stereocenters. The molecule has 0 N–H and O–H groups in total. The molecule has 19 heavy (non-hydrogen) atoms. The molecular formula is C14H21ClO3S. The molecule has 0 aliphatic heterocycles. The summed E-state index contributed by atoms with van der Waals surface area (Å²) < 4.78 is 28.0. The van der Waals surface area contributed by atoms with Crippen LogP contribution < -0.4 is 4.74 Å². The minimum absolute atomic E-state index is 0.0559. The predicted molar refractivity (Wildman–Crippen MR) is 79.3 cm³/mol. The van der Waals surface area contributed by atoms with Crippen LogP contribution in [-0.2, 0) is 15.5 Å². The van der Waals surface area contributed by atoms with Crippen LogP contribution in [0.25, 0.3) is 0 Å². The van der Waals surface area contributed by atoms with Crippen molar-refractivity contribution in [1.29, 1.82) is 0 Å². The van der Waals surface area contributed by atoms with Crippen molar-refractivity contribution < 1.29 is 13.2 Å². The first-order valence-electron chi connectivity index (χ1n) is 6.46. The van der Waals surface area contributed by atoms with E-state index in [1.807, 2.05) is 38.1 Å². The lowest BCUT2D eigenvalue weighted by molar-refractivity contribution is 0.225. The predicted octanol–water partition coefficient (Wildman–Crippen LogP) is 3.47. The number of benzene rings is 1. The molecule has 0 saturated carbocycles. The molecule has 3 nitrogen and oxygen atoms in total. The molecule has 0 spiro atoms. The molecule has 0 bridgehead atoms. The van der Waals surface area contributed by atoms with E-state index in [-0.39, 0.29) is 17.6 Å². The maximum atomic E-state index is 11.2. The minimum Gasteiger partial charge on any atom is -0.493 e. The average Bonchev–Trinajstić information content (AvgIpc) is 2.33. The van der Waals surface area contributed by atoms with Crippen LogP contribution in [0.1, 0.15) is 26.3 Å². The molecule has 108 valence electrons.